The maximum Gasteiger partial charge on any atom is 0.211 e. The van der Waals surface area contributed by atoms with Crippen LogP contribution in [0.2, 0.25) is 0 Å². The van der Waals surface area contributed by atoms with E-state index in [9.17, 15) is 8.42 Å². The fraction of sp³-hybridized carbons (Fsp3) is 0.500. The first-order valence-electron chi connectivity index (χ1n) is 7.29. The average Bonchev–Trinajstić information content (AvgIpc) is 3.01. The highest BCUT2D eigenvalue weighted by Gasteiger charge is 2.27. The zero-order chi connectivity index (χ0) is 15.6. The molecular formula is C14H19N5O2S. The second-order valence-corrected chi connectivity index (χ2v) is 7.64. The van der Waals surface area contributed by atoms with Gasteiger partial charge < -0.3 is 0 Å². The monoisotopic (exact) mass is 321 g/mol. The normalized spacial score (nSPS) is 20.1. The molecule has 0 spiro atoms. The lowest BCUT2D eigenvalue weighted by atomic mass is 9.93. The van der Waals surface area contributed by atoms with Gasteiger partial charge in [0.15, 0.2) is 0 Å². The topological polar surface area (TPSA) is 91.8 Å². The molecule has 2 aromatic rings. The molecule has 3 heterocycles. The molecule has 1 fully saturated rings. The van der Waals surface area contributed by atoms with E-state index in [4.69, 9.17) is 0 Å². The molecule has 0 radical (unpaired) electrons. The van der Waals surface area contributed by atoms with E-state index >= 15 is 0 Å². The maximum absolute atomic E-state index is 11.7. The minimum atomic E-state index is -3.12. The molecule has 7 nitrogen and oxygen atoms in total. The van der Waals surface area contributed by atoms with Crippen molar-refractivity contribution in [3.8, 4) is 11.4 Å². The Bertz CT molecular complexity index is 729. The summed E-state index contributed by atoms with van der Waals surface area (Å²) in [5.74, 6) is 0.266. The second-order valence-electron chi connectivity index (χ2n) is 5.66. The standard InChI is InChI=1S/C14H19N5O2S/c1-22(20,21)19-8-2-3-11(10-19)9-13-14(16-7-6-15-13)12-4-5-17-18-12/h4-7,11H,2-3,8-10H2,1H3,(H,17,18). The minimum absolute atomic E-state index is 0.266. The van der Waals surface area contributed by atoms with Crippen LogP contribution in [0.5, 0.6) is 0 Å². The molecule has 8 heteroatoms. The molecule has 0 aliphatic carbocycles. The first-order chi connectivity index (χ1) is 10.5. The minimum Gasteiger partial charge on any atom is -0.276 e. The number of sulfonamides is 1. The van der Waals surface area contributed by atoms with E-state index in [0.29, 0.717) is 19.5 Å². The summed E-state index contributed by atoms with van der Waals surface area (Å²) in [6, 6.07) is 1.86. The fourth-order valence-corrected chi connectivity index (χ4v) is 3.84. The van der Waals surface area contributed by atoms with Gasteiger partial charge in [0.1, 0.15) is 5.69 Å². The number of hydrogen-bond acceptors (Lipinski definition) is 5. The third-order valence-corrected chi connectivity index (χ3v) is 5.23. The second kappa shape index (κ2) is 6.13. The van der Waals surface area contributed by atoms with Gasteiger partial charge in [-0.25, -0.2) is 12.7 Å². The number of H-pyrrole nitrogens is 1. The molecule has 1 aliphatic rings. The lowest BCUT2D eigenvalue weighted by molar-refractivity contribution is 0.265. The number of rotatable bonds is 4. The van der Waals surface area contributed by atoms with Gasteiger partial charge in [-0.3, -0.25) is 15.1 Å². The molecule has 1 aliphatic heterocycles. The number of piperidine rings is 1. The lowest BCUT2D eigenvalue weighted by Crippen LogP contribution is -2.39. The molecule has 0 aromatic carbocycles. The van der Waals surface area contributed by atoms with E-state index in [1.807, 2.05) is 6.07 Å². The zero-order valence-electron chi connectivity index (χ0n) is 12.4. The van der Waals surface area contributed by atoms with E-state index in [0.717, 1.165) is 29.9 Å². The Labute approximate surface area is 129 Å². The van der Waals surface area contributed by atoms with Crippen LogP contribution >= 0.6 is 0 Å². The molecule has 0 bridgehead atoms. The summed E-state index contributed by atoms with van der Waals surface area (Å²) in [5, 5.41) is 6.86. The van der Waals surface area contributed by atoms with E-state index in [1.54, 1.807) is 22.9 Å². The van der Waals surface area contributed by atoms with Gasteiger partial charge >= 0.3 is 0 Å². The number of aromatic nitrogens is 4. The first kappa shape index (κ1) is 15.1. The Hall–Kier alpha value is -1.80. The molecule has 1 atom stereocenters. The van der Waals surface area contributed by atoms with Crippen molar-refractivity contribution >= 4 is 10.0 Å². The predicted molar refractivity (Wildman–Crippen MR) is 82.5 cm³/mol. The van der Waals surface area contributed by atoms with E-state index in [-0.39, 0.29) is 5.92 Å². The highest BCUT2D eigenvalue weighted by molar-refractivity contribution is 7.88. The van der Waals surface area contributed by atoms with Crippen LogP contribution in [0.4, 0.5) is 0 Å². The van der Waals surface area contributed by atoms with Crippen molar-refractivity contribution in [2.45, 2.75) is 19.3 Å². The fourth-order valence-electron chi connectivity index (χ4n) is 2.90. The highest BCUT2D eigenvalue weighted by atomic mass is 32.2. The summed E-state index contributed by atoms with van der Waals surface area (Å²) in [6.45, 7) is 1.17. The van der Waals surface area contributed by atoms with Crippen LogP contribution < -0.4 is 0 Å². The molecule has 118 valence electrons. The van der Waals surface area contributed by atoms with Crippen LogP contribution in [-0.4, -0.2) is 52.2 Å². The molecule has 1 N–H and O–H groups in total. The SMILES string of the molecule is CS(=O)(=O)N1CCCC(Cc2nccnc2-c2ccn[nH]2)C1. The molecule has 1 saturated heterocycles. The van der Waals surface area contributed by atoms with Crippen LogP contribution in [0, 0.1) is 5.92 Å². The molecule has 0 saturated carbocycles. The Morgan fingerprint density at radius 3 is 2.86 bits per heavy atom. The number of hydrogen-bond donors (Lipinski definition) is 1. The van der Waals surface area contributed by atoms with Gasteiger partial charge in [0.25, 0.3) is 0 Å². The maximum atomic E-state index is 11.7. The molecule has 3 rings (SSSR count). The van der Waals surface area contributed by atoms with Gasteiger partial charge in [-0.05, 0) is 31.2 Å². The van der Waals surface area contributed by atoms with Crippen molar-refractivity contribution in [3.05, 3.63) is 30.4 Å². The largest absolute Gasteiger partial charge is 0.276 e. The quantitative estimate of drug-likeness (QED) is 0.910. The third-order valence-electron chi connectivity index (χ3n) is 3.96. The van der Waals surface area contributed by atoms with Crippen molar-refractivity contribution in [1.29, 1.82) is 0 Å². The van der Waals surface area contributed by atoms with Gasteiger partial charge in [-0.2, -0.15) is 5.10 Å². The van der Waals surface area contributed by atoms with Crippen LogP contribution in [-0.2, 0) is 16.4 Å². The zero-order valence-corrected chi connectivity index (χ0v) is 13.3. The van der Waals surface area contributed by atoms with E-state index < -0.39 is 10.0 Å². The molecule has 0 amide bonds. The van der Waals surface area contributed by atoms with Crippen molar-refractivity contribution in [2.75, 3.05) is 19.3 Å². The van der Waals surface area contributed by atoms with Crippen LogP contribution in [0.25, 0.3) is 11.4 Å². The Kier molecular flexibility index (Phi) is 4.21. The van der Waals surface area contributed by atoms with Gasteiger partial charge in [0.2, 0.25) is 10.0 Å². The molecular weight excluding hydrogens is 302 g/mol. The summed E-state index contributed by atoms with van der Waals surface area (Å²) < 4.78 is 25.0. The summed E-state index contributed by atoms with van der Waals surface area (Å²) in [5.41, 5.74) is 2.50. The van der Waals surface area contributed by atoms with Crippen LogP contribution in [0.15, 0.2) is 24.7 Å². The predicted octanol–water partition coefficient (Wildman–Crippen LogP) is 1.08. The van der Waals surface area contributed by atoms with Crippen LogP contribution in [0.3, 0.4) is 0 Å². The van der Waals surface area contributed by atoms with Gasteiger partial charge in [-0.15, -0.1) is 0 Å². The summed E-state index contributed by atoms with van der Waals surface area (Å²) in [4.78, 5) is 8.83. The van der Waals surface area contributed by atoms with Crippen molar-refractivity contribution in [1.82, 2.24) is 24.5 Å². The van der Waals surface area contributed by atoms with Crippen molar-refractivity contribution in [2.24, 2.45) is 5.92 Å². The number of nitrogens with zero attached hydrogens (tertiary/aromatic N) is 4. The average molecular weight is 321 g/mol. The van der Waals surface area contributed by atoms with Crippen LogP contribution in [0.1, 0.15) is 18.5 Å². The van der Waals surface area contributed by atoms with Gasteiger partial charge in [0, 0.05) is 31.7 Å². The summed E-state index contributed by atoms with van der Waals surface area (Å²) in [6.07, 6.45) is 8.89. The van der Waals surface area contributed by atoms with Gasteiger partial charge in [-0.1, -0.05) is 0 Å². The van der Waals surface area contributed by atoms with Gasteiger partial charge in [0.05, 0.1) is 17.6 Å². The first-order valence-corrected chi connectivity index (χ1v) is 9.13. The number of aromatic amines is 1. The Balaban J connectivity index is 1.79. The summed E-state index contributed by atoms with van der Waals surface area (Å²) >= 11 is 0. The van der Waals surface area contributed by atoms with E-state index in [1.165, 1.54) is 6.26 Å². The summed E-state index contributed by atoms with van der Waals surface area (Å²) in [7, 11) is -3.12. The van der Waals surface area contributed by atoms with Crippen molar-refractivity contribution < 1.29 is 8.42 Å². The highest BCUT2D eigenvalue weighted by Crippen LogP contribution is 2.25. The molecule has 22 heavy (non-hydrogen) atoms. The Morgan fingerprint density at radius 2 is 2.14 bits per heavy atom. The van der Waals surface area contributed by atoms with Crippen molar-refractivity contribution in [3.63, 3.8) is 0 Å². The lowest BCUT2D eigenvalue weighted by Gasteiger charge is -2.30. The Morgan fingerprint density at radius 1 is 1.32 bits per heavy atom. The third kappa shape index (κ3) is 3.33. The molecule has 1 unspecified atom stereocenters. The number of nitrogens with one attached hydrogen (secondary N) is 1. The van der Waals surface area contributed by atoms with E-state index in [2.05, 4.69) is 20.2 Å². The molecule has 2 aromatic heterocycles. The smallest absolute Gasteiger partial charge is 0.211 e.